The number of ether oxygens (including phenoxy) is 1. The molecule has 1 unspecified atom stereocenters. The van der Waals surface area contributed by atoms with Crippen molar-refractivity contribution in [3.63, 3.8) is 0 Å². The number of hydrogen-bond acceptors (Lipinski definition) is 5. The number of carbonyl (C=O) groups is 1. The minimum Gasteiger partial charge on any atom is -0.377 e. The number of amides is 1. The summed E-state index contributed by atoms with van der Waals surface area (Å²) in [5.41, 5.74) is 2.97. The third kappa shape index (κ3) is 7.75. The van der Waals surface area contributed by atoms with E-state index in [2.05, 4.69) is 10.0 Å². The molecule has 0 radical (unpaired) electrons. The lowest BCUT2D eigenvalue weighted by Gasteiger charge is -2.18. The Labute approximate surface area is 183 Å². The van der Waals surface area contributed by atoms with Gasteiger partial charge in [0.2, 0.25) is 15.9 Å². The molecule has 0 saturated carbocycles. The van der Waals surface area contributed by atoms with Crippen molar-refractivity contribution in [2.75, 3.05) is 18.6 Å². The van der Waals surface area contributed by atoms with E-state index in [4.69, 9.17) is 4.74 Å². The molecule has 0 aliphatic heterocycles. The molecule has 2 aromatic rings. The summed E-state index contributed by atoms with van der Waals surface area (Å²) in [6.07, 6.45) is 2.33. The van der Waals surface area contributed by atoms with Gasteiger partial charge in [-0.15, -0.1) is 0 Å². The Bertz CT molecular complexity index is 898. The summed E-state index contributed by atoms with van der Waals surface area (Å²) >= 11 is 1.57. The highest BCUT2D eigenvalue weighted by Crippen LogP contribution is 2.13. The van der Waals surface area contributed by atoms with E-state index in [0.717, 1.165) is 16.7 Å². The van der Waals surface area contributed by atoms with Gasteiger partial charge in [-0.1, -0.05) is 42.0 Å². The molecule has 0 aliphatic carbocycles. The van der Waals surface area contributed by atoms with Crippen LogP contribution in [0.1, 0.15) is 30.0 Å². The summed E-state index contributed by atoms with van der Waals surface area (Å²) in [5.74, 6) is 0.332. The van der Waals surface area contributed by atoms with Crippen LogP contribution in [0.5, 0.6) is 0 Å². The quantitative estimate of drug-likeness (QED) is 0.519. The summed E-state index contributed by atoms with van der Waals surface area (Å²) in [6, 6.07) is 13.5. The van der Waals surface area contributed by atoms with Gasteiger partial charge in [-0.25, -0.2) is 8.42 Å². The predicted molar refractivity (Wildman–Crippen MR) is 122 cm³/mol. The Balaban J connectivity index is 2.01. The fraction of sp³-hybridized carbons (Fsp3) is 0.409. The summed E-state index contributed by atoms with van der Waals surface area (Å²) < 4.78 is 33.4. The first kappa shape index (κ1) is 24.4. The van der Waals surface area contributed by atoms with Crippen molar-refractivity contribution in [3.8, 4) is 0 Å². The monoisotopic (exact) mass is 450 g/mol. The second-order valence-corrected chi connectivity index (χ2v) is 9.64. The Morgan fingerprint density at radius 2 is 1.70 bits per heavy atom. The number of sulfonamides is 1. The highest BCUT2D eigenvalue weighted by Gasteiger charge is 2.25. The molecule has 1 amide bonds. The second kappa shape index (κ2) is 12.1. The largest absolute Gasteiger partial charge is 0.377 e. The maximum Gasteiger partial charge on any atom is 0.241 e. The summed E-state index contributed by atoms with van der Waals surface area (Å²) in [6.45, 7) is 5.39. The number of carbonyl (C=O) groups excluding carboxylic acids is 1. The fourth-order valence-corrected chi connectivity index (χ4v) is 4.44. The van der Waals surface area contributed by atoms with Crippen LogP contribution < -0.4 is 10.0 Å². The standard InChI is InChI=1S/C22H30N2O4S2/c1-4-28-16-19-9-7-18(8-10-19)15-23-22(25)21(13-14-29-3)24-30(26,27)20-11-5-17(2)6-12-20/h5-12,21,24H,4,13-16H2,1-3H3,(H,23,25). The zero-order chi connectivity index (χ0) is 22.0. The second-order valence-electron chi connectivity index (χ2n) is 6.94. The van der Waals surface area contributed by atoms with Crippen LogP contribution >= 0.6 is 11.8 Å². The van der Waals surface area contributed by atoms with Gasteiger partial charge in [0.25, 0.3) is 0 Å². The van der Waals surface area contributed by atoms with E-state index in [-0.39, 0.29) is 10.8 Å². The summed E-state index contributed by atoms with van der Waals surface area (Å²) in [5, 5.41) is 2.85. The smallest absolute Gasteiger partial charge is 0.241 e. The molecule has 8 heteroatoms. The number of aryl methyl sites for hydroxylation is 1. The molecule has 30 heavy (non-hydrogen) atoms. The van der Waals surface area contributed by atoms with Gasteiger partial charge in [0.15, 0.2) is 0 Å². The first-order chi connectivity index (χ1) is 14.4. The van der Waals surface area contributed by atoms with Gasteiger partial charge in [0.05, 0.1) is 11.5 Å². The van der Waals surface area contributed by atoms with E-state index < -0.39 is 16.1 Å². The van der Waals surface area contributed by atoms with Crippen molar-refractivity contribution in [1.82, 2.24) is 10.0 Å². The van der Waals surface area contributed by atoms with Crippen molar-refractivity contribution in [3.05, 3.63) is 65.2 Å². The lowest BCUT2D eigenvalue weighted by Crippen LogP contribution is -2.46. The highest BCUT2D eigenvalue weighted by molar-refractivity contribution is 7.98. The highest BCUT2D eigenvalue weighted by atomic mass is 32.2. The van der Waals surface area contributed by atoms with Gasteiger partial charge < -0.3 is 10.1 Å². The number of nitrogens with one attached hydrogen (secondary N) is 2. The van der Waals surface area contributed by atoms with Crippen molar-refractivity contribution in [2.24, 2.45) is 0 Å². The molecule has 0 spiro atoms. The average Bonchev–Trinajstić information content (AvgIpc) is 2.74. The predicted octanol–water partition coefficient (Wildman–Crippen LogP) is 3.25. The normalized spacial score (nSPS) is 12.5. The van der Waals surface area contributed by atoms with Crippen LogP contribution in [0.15, 0.2) is 53.4 Å². The molecule has 0 heterocycles. The molecule has 164 valence electrons. The maximum atomic E-state index is 12.7. The van der Waals surface area contributed by atoms with Crippen LogP contribution in [0.25, 0.3) is 0 Å². The molecular weight excluding hydrogens is 420 g/mol. The van der Waals surface area contributed by atoms with Gasteiger partial charge in [-0.05, 0) is 55.5 Å². The molecule has 0 aliphatic rings. The van der Waals surface area contributed by atoms with E-state index in [1.165, 1.54) is 0 Å². The van der Waals surface area contributed by atoms with Crippen molar-refractivity contribution in [1.29, 1.82) is 0 Å². The number of thioether (sulfide) groups is 1. The van der Waals surface area contributed by atoms with Crippen molar-refractivity contribution >= 4 is 27.7 Å². The molecule has 6 nitrogen and oxygen atoms in total. The van der Waals surface area contributed by atoms with Gasteiger partial charge in [-0.3, -0.25) is 4.79 Å². The van der Waals surface area contributed by atoms with Crippen LogP contribution in [0.2, 0.25) is 0 Å². The van der Waals surface area contributed by atoms with E-state index >= 15 is 0 Å². The van der Waals surface area contributed by atoms with Crippen LogP contribution in [0.4, 0.5) is 0 Å². The van der Waals surface area contributed by atoms with Gasteiger partial charge in [0, 0.05) is 13.2 Å². The number of hydrogen-bond donors (Lipinski definition) is 2. The average molecular weight is 451 g/mol. The zero-order valence-corrected chi connectivity index (χ0v) is 19.3. The van der Waals surface area contributed by atoms with Crippen molar-refractivity contribution < 1.29 is 17.9 Å². The molecule has 0 fully saturated rings. The number of rotatable bonds is 12. The Morgan fingerprint density at radius 1 is 1.07 bits per heavy atom. The molecule has 0 saturated heterocycles. The lowest BCUT2D eigenvalue weighted by atomic mass is 10.1. The summed E-state index contributed by atoms with van der Waals surface area (Å²) in [4.78, 5) is 12.9. The SMILES string of the molecule is CCOCc1ccc(CNC(=O)C(CCSC)NS(=O)(=O)c2ccc(C)cc2)cc1. The third-order valence-electron chi connectivity index (χ3n) is 4.52. The van der Waals surface area contributed by atoms with E-state index in [1.54, 1.807) is 36.0 Å². The fourth-order valence-electron chi connectivity index (χ4n) is 2.74. The maximum absolute atomic E-state index is 12.7. The molecule has 2 aromatic carbocycles. The first-order valence-corrected chi connectivity index (χ1v) is 12.7. The molecule has 2 N–H and O–H groups in total. The lowest BCUT2D eigenvalue weighted by molar-refractivity contribution is -0.122. The zero-order valence-electron chi connectivity index (χ0n) is 17.7. The molecular formula is C22H30N2O4S2. The van der Waals surface area contributed by atoms with Crippen LogP contribution in [-0.2, 0) is 32.7 Å². The van der Waals surface area contributed by atoms with Crippen LogP contribution in [-0.4, -0.2) is 39.0 Å². The van der Waals surface area contributed by atoms with Crippen LogP contribution in [0, 0.1) is 6.92 Å². The Hall–Kier alpha value is -1.87. The molecule has 0 bridgehead atoms. The number of benzene rings is 2. The van der Waals surface area contributed by atoms with Crippen LogP contribution in [0.3, 0.4) is 0 Å². The minimum atomic E-state index is -3.78. The Morgan fingerprint density at radius 3 is 2.30 bits per heavy atom. The molecule has 1 atom stereocenters. The van der Waals surface area contributed by atoms with Gasteiger partial charge in [-0.2, -0.15) is 16.5 Å². The van der Waals surface area contributed by atoms with Crippen molar-refractivity contribution in [2.45, 2.75) is 44.4 Å². The van der Waals surface area contributed by atoms with E-state index in [1.807, 2.05) is 44.4 Å². The van der Waals surface area contributed by atoms with Gasteiger partial charge >= 0.3 is 0 Å². The summed E-state index contributed by atoms with van der Waals surface area (Å²) in [7, 11) is -3.78. The first-order valence-electron chi connectivity index (χ1n) is 9.87. The third-order valence-corrected chi connectivity index (χ3v) is 6.65. The Kier molecular flexibility index (Phi) is 9.84. The molecule has 0 aromatic heterocycles. The van der Waals surface area contributed by atoms with Gasteiger partial charge in [0.1, 0.15) is 6.04 Å². The topological polar surface area (TPSA) is 84.5 Å². The van der Waals surface area contributed by atoms with E-state index in [0.29, 0.717) is 31.9 Å². The molecule has 2 rings (SSSR count). The van der Waals surface area contributed by atoms with E-state index in [9.17, 15) is 13.2 Å². The minimum absolute atomic E-state index is 0.153.